The second-order valence-corrected chi connectivity index (χ2v) is 9.10. The number of aromatic nitrogens is 2. The fraction of sp³-hybridized carbons (Fsp3) is 0.786. The van der Waals surface area contributed by atoms with Gasteiger partial charge in [0.25, 0.3) is 0 Å². The molecule has 0 unspecified atom stereocenters. The first-order valence-electron chi connectivity index (χ1n) is 7.91. The summed E-state index contributed by atoms with van der Waals surface area (Å²) in [7, 11) is -1.80. The number of ether oxygens (including phenoxy) is 1. The van der Waals surface area contributed by atoms with Crippen molar-refractivity contribution in [3.8, 4) is 0 Å². The van der Waals surface area contributed by atoms with Crippen LogP contribution in [0.15, 0.2) is 17.3 Å². The summed E-state index contributed by atoms with van der Waals surface area (Å²) in [6, 6.07) is 0. The largest absolute Gasteiger partial charge is 0.379 e. The van der Waals surface area contributed by atoms with Gasteiger partial charge in [0.1, 0.15) is 4.90 Å². The lowest BCUT2D eigenvalue weighted by atomic mass is 9.89. The van der Waals surface area contributed by atoms with Crippen LogP contribution in [0.4, 0.5) is 0 Å². The van der Waals surface area contributed by atoms with Crippen LogP contribution in [0.1, 0.15) is 12.8 Å². The predicted octanol–water partition coefficient (Wildman–Crippen LogP) is 0.296. The minimum absolute atomic E-state index is 0.0929. The fourth-order valence-corrected chi connectivity index (χ4v) is 5.60. The van der Waals surface area contributed by atoms with E-state index in [0.29, 0.717) is 6.54 Å². The highest BCUT2D eigenvalue weighted by Crippen LogP contribution is 2.33. The second kappa shape index (κ2) is 7.10. The number of nitrogens with zero attached hydrogens (tertiary/aromatic N) is 3. The van der Waals surface area contributed by atoms with Crippen LogP contribution in [0, 0.1) is 0 Å². The maximum Gasteiger partial charge on any atom is 0.243 e. The first-order chi connectivity index (χ1) is 11.0. The lowest BCUT2D eigenvalue weighted by Crippen LogP contribution is -2.60. The highest BCUT2D eigenvalue weighted by atomic mass is 32.2. The second-order valence-electron chi connectivity index (χ2n) is 6.11. The molecule has 1 N–H and O–H groups in total. The lowest BCUT2D eigenvalue weighted by molar-refractivity contribution is -0.0242. The van der Waals surface area contributed by atoms with Gasteiger partial charge in [-0.15, -0.1) is 0 Å². The standard InChI is InChI=1S/C14H24N4O3S2/c1-17-11-13(10-15-17)23(19,20)16-12-14(2-8-22-9-3-14)18-4-6-21-7-5-18/h10-11,16H,2-9,12H2,1H3. The normalized spacial score (nSPS) is 23.0. The Bertz CT molecular complexity index is 620. The van der Waals surface area contributed by atoms with Crippen LogP contribution in [0.5, 0.6) is 0 Å². The molecule has 0 amide bonds. The summed E-state index contributed by atoms with van der Waals surface area (Å²) in [4.78, 5) is 2.64. The minimum Gasteiger partial charge on any atom is -0.379 e. The van der Waals surface area contributed by atoms with Gasteiger partial charge in [-0.1, -0.05) is 0 Å². The molecular formula is C14H24N4O3S2. The number of sulfonamides is 1. The van der Waals surface area contributed by atoms with Crippen LogP contribution in [0.25, 0.3) is 0 Å². The van der Waals surface area contributed by atoms with E-state index < -0.39 is 10.0 Å². The Morgan fingerprint density at radius 2 is 2.04 bits per heavy atom. The summed E-state index contributed by atoms with van der Waals surface area (Å²) < 4.78 is 34.8. The van der Waals surface area contributed by atoms with Gasteiger partial charge in [-0.05, 0) is 24.3 Å². The van der Waals surface area contributed by atoms with Gasteiger partial charge in [-0.25, -0.2) is 13.1 Å². The summed E-state index contributed by atoms with van der Waals surface area (Å²) in [5.74, 6) is 2.15. The quantitative estimate of drug-likeness (QED) is 0.814. The molecule has 1 aromatic heterocycles. The molecule has 0 radical (unpaired) electrons. The molecule has 0 spiro atoms. The summed E-state index contributed by atoms with van der Waals surface area (Å²) in [5, 5.41) is 3.95. The first kappa shape index (κ1) is 17.2. The monoisotopic (exact) mass is 360 g/mol. The Morgan fingerprint density at radius 3 is 2.65 bits per heavy atom. The topological polar surface area (TPSA) is 76.5 Å². The highest BCUT2D eigenvalue weighted by molar-refractivity contribution is 7.99. The van der Waals surface area contributed by atoms with Crippen molar-refractivity contribution in [2.75, 3.05) is 44.4 Å². The van der Waals surface area contributed by atoms with Crippen LogP contribution in [-0.4, -0.2) is 73.0 Å². The molecule has 3 rings (SSSR count). The Balaban J connectivity index is 1.73. The smallest absolute Gasteiger partial charge is 0.243 e. The van der Waals surface area contributed by atoms with Crippen molar-refractivity contribution < 1.29 is 13.2 Å². The number of aryl methyl sites for hydroxylation is 1. The molecule has 0 aromatic carbocycles. The molecule has 0 bridgehead atoms. The van der Waals surface area contributed by atoms with E-state index in [1.165, 1.54) is 17.1 Å². The van der Waals surface area contributed by atoms with Gasteiger partial charge in [-0.3, -0.25) is 9.58 Å². The van der Waals surface area contributed by atoms with Crippen molar-refractivity contribution in [2.24, 2.45) is 7.05 Å². The van der Waals surface area contributed by atoms with Gasteiger partial charge in [0.15, 0.2) is 0 Å². The molecule has 0 aliphatic carbocycles. The number of thioether (sulfide) groups is 1. The molecule has 7 nitrogen and oxygen atoms in total. The average molecular weight is 361 g/mol. The fourth-order valence-electron chi connectivity index (χ4n) is 3.24. The Labute approximate surface area is 141 Å². The van der Waals surface area contributed by atoms with Gasteiger partial charge < -0.3 is 4.74 Å². The van der Waals surface area contributed by atoms with Crippen molar-refractivity contribution >= 4 is 21.8 Å². The number of nitrogens with one attached hydrogen (secondary N) is 1. The lowest BCUT2D eigenvalue weighted by Gasteiger charge is -2.47. The molecule has 2 fully saturated rings. The third kappa shape index (κ3) is 3.90. The molecule has 0 saturated carbocycles. The summed E-state index contributed by atoms with van der Waals surface area (Å²) in [6.45, 7) is 3.65. The molecule has 2 aliphatic heterocycles. The van der Waals surface area contributed by atoms with E-state index in [2.05, 4.69) is 14.7 Å². The molecule has 1 aromatic rings. The maximum absolute atomic E-state index is 12.5. The third-order valence-corrected chi connectivity index (χ3v) is 7.03. The predicted molar refractivity (Wildman–Crippen MR) is 90.1 cm³/mol. The zero-order valence-electron chi connectivity index (χ0n) is 13.4. The van der Waals surface area contributed by atoms with Gasteiger partial charge in [-0.2, -0.15) is 16.9 Å². The number of rotatable bonds is 5. The van der Waals surface area contributed by atoms with E-state index in [1.54, 1.807) is 7.05 Å². The van der Waals surface area contributed by atoms with Crippen molar-refractivity contribution in [3.63, 3.8) is 0 Å². The van der Waals surface area contributed by atoms with Crippen molar-refractivity contribution in [1.82, 2.24) is 19.4 Å². The molecule has 9 heteroatoms. The molecule has 130 valence electrons. The summed E-state index contributed by atoms with van der Waals surface area (Å²) in [6.07, 6.45) is 4.93. The van der Waals surface area contributed by atoms with Crippen LogP contribution in [0.2, 0.25) is 0 Å². The number of morpholine rings is 1. The molecular weight excluding hydrogens is 336 g/mol. The summed E-state index contributed by atoms with van der Waals surface area (Å²) in [5.41, 5.74) is -0.0929. The zero-order chi connectivity index (χ0) is 16.3. The SMILES string of the molecule is Cn1cc(S(=O)(=O)NCC2(N3CCOCC3)CCSCC2)cn1. The molecule has 0 atom stereocenters. The van der Waals surface area contributed by atoms with Gasteiger partial charge >= 0.3 is 0 Å². The molecule has 2 aliphatic rings. The van der Waals surface area contributed by atoms with E-state index in [0.717, 1.165) is 50.7 Å². The number of hydrogen-bond acceptors (Lipinski definition) is 6. The van der Waals surface area contributed by atoms with E-state index >= 15 is 0 Å². The molecule has 3 heterocycles. The van der Waals surface area contributed by atoms with Gasteiger partial charge in [0.05, 0.1) is 19.4 Å². The van der Waals surface area contributed by atoms with Crippen LogP contribution in [0.3, 0.4) is 0 Å². The van der Waals surface area contributed by atoms with E-state index in [-0.39, 0.29) is 10.4 Å². The Hall–Kier alpha value is -0.610. The Morgan fingerprint density at radius 1 is 1.35 bits per heavy atom. The van der Waals surface area contributed by atoms with Crippen LogP contribution >= 0.6 is 11.8 Å². The summed E-state index contributed by atoms with van der Waals surface area (Å²) >= 11 is 1.95. The minimum atomic E-state index is -3.51. The van der Waals surface area contributed by atoms with Gasteiger partial charge in [0.2, 0.25) is 10.0 Å². The van der Waals surface area contributed by atoms with E-state index in [4.69, 9.17) is 4.74 Å². The highest BCUT2D eigenvalue weighted by Gasteiger charge is 2.39. The van der Waals surface area contributed by atoms with Gasteiger partial charge in [0, 0.05) is 38.4 Å². The van der Waals surface area contributed by atoms with E-state index in [1.807, 2.05) is 11.8 Å². The van der Waals surface area contributed by atoms with Crippen molar-refractivity contribution in [1.29, 1.82) is 0 Å². The van der Waals surface area contributed by atoms with E-state index in [9.17, 15) is 8.42 Å². The Kier molecular flexibility index (Phi) is 5.32. The van der Waals surface area contributed by atoms with Crippen LogP contribution in [-0.2, 0) is 21.8 Å². The maximum atomic E-state index is 12.5. The molecule has 23 heavy (non-hydrogen) atoms. The average Bonchev–Trinajstić information content (AvgIpc) is 3.02. The van der Waals surface area contributed by atoms with Crippen molar-refractivity contribution in [2.45, 2.75) is 23.3 Å². The molecule has 2 saturated heterocycles. The zero-order valence-corrected chi connectivity index (χ0v) is 15.0. The number of hydrogen-bond donors (Lipinski definition) is 1. The first-order valence-corrected chi connectivity index (χ1v) is 10.5. The van der Waals surface area contributed by atoms with Crippen LogP contribution < -0.4 is 4.72 Å². The third-order valence-electron chi connectivity index (χ3n) is 4.69. The van der Waals surface area contributed by atoms with Crippen molar-refractivity contribution in [3.05, 3.63) is 12.4 Å².